The Kier molecular flexibility index (Phi) is 5.95. The van der Waals surface area contributed by atoms with Crippen LogP contribution in [-0.4, -0.2) is 66.4 Å². The molecular weight excluding hydrogens is 430 g/mol. The summed E-state index contributed by atoms with van der Waals surface area (Å²) in [5, 5.41) is 9.86. The number of carbonyl (C=O) groups is 1. The number of amides is 1. The van der Waals surface area contributed by atoms with Crippen LogP contribution in [0.15, 0.2) is 66.7 Å². The monoisotopic (exact) mass is 455 g/mol. The molecule has 3 heterocycles. The van der Waals surface area contributed by atoms with E-state index in [4.69, 9.17) is 9.47 Å². The highest BCUT2D eigenvalue weighted by Crippen LogP contribution is 2.31. The Morgan fingerprint density at radius 3 is 2.35 bits per heavy atom. The number of ether oxygens (including phenoxy) is 2. The van der Waals surface area contributed by atoms with Crippen LogP contribution >= 0.6 is 0 Å². The first kappa shape index (κ1) is 21.6. The predicted octanol–water partition coefficient (Wildman–Crippen LogP) is 3.67. The van der Waals surface area contributed by atoms with Crippen LogP contribution in [-0.2, 0) is 0 Å². The number of para-hydroxylation sites is 1. The van der Waals surface area contributed by atoms with Gasteiger partial charge < -0.3 is 19.3 Å². The highest BCUT2D eigenvalue weighted by molar-refractivity contribution is 5.95. The average molecular weight is 456 g/mol. The minimum Gasteiger partial charge on any atom is -0.493 e. The number of hydrogen-bond donors (Lipinski definition) is 0. The van der Waals surface area contributed by atoms with Crippen LogP contribution in [0.1, 0.15) is 10.5 Å². The predicted molar refractivity (Wildman–Crippen MR) is 130 cm³/mol. The lowest BCUT2D eigenvalue weighted by Crippen LogP contribution is -2.49. The molecule has 2 aromatic heterocycles. The first-order chi connectivity index (χ1) is 16.7. The van der Waals surface area contributed by atoms with Crippen molar-refractivity contribution in [1.29, 1.82) is 0 Å². The van der Waals surface area contributed by atoms with Gasteiger partial charge in [0, 0.05) is 37.1 Å². The fraction of sp³-hybridized carbons (Fsp3) is 0.231. The third-order valence-electron chi connectivity index (χ3n) is 6.04. The Balaban J connectivity index is 1.24. The Morgan fingerprint density at radius 2 is 1.62 bits per heavy atom. The van der Waals surface area contributed by atoms with Gasteiger partial charge in [-0.25, -0.2) is 4.98 Å². The first-order valence-corrected chi connectivity index (χ1v) is 11.1. The number of anilines is 1. The van der Waals surface area contributed by atoms with Crippen molar-refractivity contribution < 1.29 is 14.3 Å². The molecule has 0 radical (unpaired) electrons. The molecular formula is C26H25N5O3. The van der Waals surface area contributed by atoms with E-state index in [1.165, 1.54) is 0 Å². The molecule has 1 saturated heterocycles. The molecule has 1 fully saturated rings. The maximum absolute atomic E-state index is 13.0. The van der Waals surface area contributed by atoms with E-state index in [-0.39, 0.29) is 5.91 Å². The van der Waals surface area contributed by atoms with E-state index in [1.54, 1.807) is 20.3 Å². The van der Waals surface area contributed by atoms with Crippen LogP contribution < -0.4 is 14.4 Å². The molecule has 1 amide bonds. The number of rotatable bonds is 5. The summed E-state index contributed by atoms with van der Waals surface area (Å²) in [5.41, 5.74) is 2.96. The first-order valence-electron chi connectivity index (χ1n) is 11.1. The third kappa shape index (κ3) is 4.22. The van der Waals surface area contributed by atoms with Gasteiger partial charge in [0.05, 0.1) is 25.4 Å². The molecule has 0 saturated carbocycles. The highest BCUT2D eigenvalue weighted by atomic mass is 16.5. The number of hydrogen-bond acceptors (Lipinski definition) is 7. The fourth-order valence-electron chi connectivity index (χ4n) is 4.13. The summed E-state index contributed by atoms with van der Waals surface area (Å²) >= 11 is 0. The van der Waals surface area contributed by atoms with Crippen molar-refractivity contribution >= 4 is 22.6 Å². The number of nitrogens with zero attached hydrogens (tertiary/aromatic N) is 5. The third-order valence-corrected chi connectivity index (χ3v) is 6.04. The fourth-order valence-corrected chi connectivity index (χ4v) is 4.13. The molecule has 1 aliphatic rings. The number of carbonyl (C=O) groups excluding carboxylic acids is 1. The molecule has 0 N–H and O–H groups in total. The van der Waals surface area contributed by atoms with Crippen LogP contribution in [0.2, 0.25) is 0 Å². The van der Waals surface area contributed by atoms with Crippen LogP contribution in [0, 0.1) is 0 Å². The Hall–Kier alpha value is -4.20. The van der Waals surface area contributed by atoms with E-state index >= 15 is 0 Å². The molecule has 8 heteroatoms. The summed E-state index contributed by atoms with van der Waals surface area (Å²) in [5.74, 6) is 2.06. The zero-order valence-electron chi connectivity index (χ0n) is 19.1. The van der Waals surface area contributed by atoms with Gasteiger partial charge in [0.2, 0.25) is 0 Å². The largest absolute Gasteiger partial charge is 0.493 e. The van der Waals surface area contributed by atoms with Gasteiger partial charge in [-0.15, -0.1) is 10.2 Å². The number of benzene rings is 2. The highest BCUT2D eigenvalue weighted by Gasteiger charge is 2.24. The smallest absolute Gasteiger partial charge is 0.272 e. The lowest BCUT2D eigenvalue weighted by molar-refractivity contribution is 0.0741. The van der Waals surface area contributed by atoms with Gasteiger partial charge in [-0.1, -0.05) is 24.3 Å². The minimum atomic E-state index is -0.0414. The van der Waals surface area contributed by atoms with Crippen LogP contribution in [0.3, 0.4) is 0 Å². The van der Waals surface area contributed by atoms with Crippen molar-refractivity contribution in [2.45, 2.75) is 0 Å². The molecule has 1 aliphatic heterocycles. The standard InChI is InChI=1S/C26H25N5O3/c1-33-23-11-8-19(17-24(23)34-2)21-10-12-25(29-28-21)30-13-15-31(16-14-30)26(32)22-9-7-18-5-3-4-6-20(18)27-22/h3-12,17H,13-16H2,1-2H3. The van der Waals surface area contributed by atoms with Gasteiger partial charge in [0.15, 0.2) is 17.3 Å². The molecule has 0 aliphatic carbocycles. The molecule has 5 rings (SSSR count). The Bertz CT molecular complexity index is 1320. The topological polar surface area (TPSA) is 80.7 Å². The quantitative estimate of drug-likeness (QED) is 0.454. The van der Waals surface area contributed by atoms with Gasteiger partial charge in [-0.3, -0.25) is 4.79 Å². The lowest BCUT2D eigenvalue weighted by atomic mass is 10.1. The van der Waals surface area contributed by atoms with Crippen LogP contribution in [0.4, 0.5) is 5.82 Å². The van der Waals surface area contributed by atoms with Gasteiger partial charge in [0.1, 0.15) is 5.69 Å². The zero-order chi connectivity index (χ0) is 23.5. The summed E-state index contributed by atoms with van der Waals surface area (Å²) in [6, 6.07) is 21.1. The molecule has 8 nitrogen and oxygen atoms in total. The second-order valence-electron chi connectivity index (χ2n) is 8.01. The van der Waals surface area contributed by atoms with Crippen molar-refractivity contribution in [3.63, 3.8) is 0 Å². The molecule has 2 aromatic carbocycles. The number of piperazine rings is 1. The second kappa shape index (κ2) is 9.35. The normalized spacial score (nSPS) is 13.7. The Labute approximate surface area is 197 Å². The molecule has 34 heavy (non-hydrogen) atoms. The van der Waals surface area contributed by atoms with Gasteiger partial charge in [-0.2, -0.15) is 0 Å². The van der Waals surface area contributed by atoms with E-state index < -0.39 is 0 Å². The summed E-state index contributed by atoms with van der Waals surface area (Å²) in [6.07, 6.45) is 0. The van der Waals surface area contributed by atoms with Crippen molar-refractivity contribution in [3.05, 3.63) is 72.4 Å². The van der Waals surface area contributed by atoms with E-state index in [9.17, 15) is 4.79 Å². The zero-order valence-corrected chi connectivity index (χ0v) is 19.1. The molecule has 172 valence electrons. The van der Waals surface area contributed by atoms with E-state index in [0.29, 0.717) is 43.4 Å². The van der Waals surface area contributed by atoms with E-state index in [2.05, 4.69) is 20.1 Å². The molecule has 0 spiro atoms. The van der Waals surface area contributed by atoms with Gasteiger partial charge >= 0.3 is 0 Å². The van der Waals surface area contributed by atoms with Gasteiger partial charge in [-0.05, 0) is 42.5 Å². The average Bonchev–Trinajstić information content (AvgIpc) is 2.92. The van der Waals surface area contributed by atoms with Crippen LogP contribution in [0.25, 0.3) is 22.2 Å². The van der Waals surface area contributed by atoms with Crippen molar-refractivity contribution in [1.82, 2.24) is 20.1 Å². The second-order valence-corrected chi connectivity index (χ2v) is 8.01. The van der Waals surface area contributed by atoms with Crippen molar-refractivity contribution in [2.24, 2.45) is 0 Å². The Morgan fingerprint density at radius 1 is 0.824 bits per heavy atom. The summed E-state index contributed by atoms with van der Waals surface area (Å²) in [4.78, 5) is 21.5. The van der Waals surface area contributed by atoms with E-state index in [1.807, 2.05) is 65.6 Å². The number of fused-ring (bicyclic) bond motifs is 1. The lowest BCUT2D eigenvalue weighted by Gasteiger charge is -2.35. The number of methoxy groups -OCH3 is 2. The summed E-state index contributed by atoms with van der Waals surface area (Å²) < 4.78 is 10.7. The van der Waals surface area contributed by atoms with Crippen molar-refractivity contribution in [2.75, 3.05) is 45.3 Å². The van der Waals surface area contributed by atoms with E-state index in [0.717, 1.165) is 28.0 Å². The summed E-state index contributed by atoms with van der Waals surface area (Å²) in [7, 11) is 3.22. The minimum absolute atomic E-state index is 0.0414. The maximum Gasteiger partial charge on any atom is 0.272 e. The van der Waals surface area contributed by atoms with Gasteiger partial charge in [0.25, 0.3) is 5.91 Å². The number of pyridine rings is 1. The molecule has 4 aromatic rings. The summed E-state index contributed by atoms with van der Waals surface area (Å²) in [6.45, 7) is 2.58. The molecule has 0 bridgehead atoms. The number of aromatic nitrogens is 3. The molecule has 0 unspecified atom stereocenters. The SMILES string of the molecule is COc1ccc(-c2ccc(N3CCN(C(=O)c4ccc5ccccc5n4)CC3)nn2)cc1OC. The van der Waals surface area contributed by atoms with Crippen molar-refractivity contribution in [3.8, 4) is 22.8 Å². The maximum atomic E-state index is 13.0. The van der Waals surface area contributed by atoms with Crippen LogP contribution in [0.5, 0.6) is 11.5 Å². The molecule has 0 atom stereocenters.